The summed E-state index contributed by atoms with van der Waals surface area (Å²) in [6.45, 7) is 1.85. The predicted octanol–water partition coefficient (Wildman–Crippen LogP) is 1.72. The standard InChI is InChI=1S/C11H14O4/c1-7-3-4-8(15-7)11(5-6-11)9(14-2)10(12)13/h3-4,9H,5-6H2,1-2H3,(H,12,13). The van der Waals surface area contributed by atoms with Gasteiger partial charge in [-0.3, -0.25) is 0 Å². The first kappa shape index (κ1) is 10.2. The average Bonchev–Trinajstić information content (AvgIpc) is 2.83. The second-order valence-corrected chi connectivity index (χ2v) is 4.02. The number of methoxy groups -OCH3 is 1. The zero-order chi connectivity index (χ0) is 11.1. The molecule has 4 nitrogen and oxygen atoms in total. The van der Waals surface area contributed by atoms with Gasteiger partial charge in [0.1, 0.15) is 11.5 Å². The van der Waals surface area contributed by atoms with Gasteiger partial charge in [-0.2, -0.15) is 0 Å². The van der Waals surface area contributed by atoms with Crippen molar-refractivity contribution < 1.29 is 19.1 Å². The average molecular weight is 210 g/mol. The van der Waals surface area contributed by atoms with Crippen LogP contribution in [-0.4, -0.2) is 24.3 Å². The molecule has 0 radical (unpaired) electrons. The third-order valence-electron chi connectivity index (χ3n) is 2.98. The number of carboxylic acids is 1. The summed E-state index contributed by atoms with van der Waals surface area (Å²) in [5.41, 5.74) is -0.436. The molecule has 0 aromatic carbocycles. The number of rotatable bonds is 4. The molecule has 82 valence electrons. The zero-order valence-corrected chi connectivity index (χ0v) is 8.82. The molecule has 0 bridgehead atoms. The van der Waals surface area contributed by atoms with Crippen LogP contribution < -0.4 is 0 Å². The lowest BCUT2D eigenvalue weighted by atomic mass is 9.96. The summed E-state index contributed by atoms with van der Waals surface area (Å²) in [4.78, 5) is 11.0. The normalized spacial score (nSPS) is 19.9. The van der Waals surface area contributed by atoms with Gasteiger partial charge in [0.05, 0.1) is 5.41 Å². The fraction of sp³-hybridized carbons (Fsp3) is 0.545. The molecule has 1 N–H and O–H groups in total. The first-order chi connectivity index (χ1) is 7.10. The summed E-state index contributed by atoms with van der Waals surface area (Å²) >= 11 is 0. The van der Waals surface area contributed by atoms with Crippen molar-refractivity contribution in [2.45, 2.75) is 31.3 Å². The summed E-state index contributed by atoms with van der Waals surface area (Å²) in [5.74, 6) is 0.606. The van der Waals surface area contributed by atoms with E-state index in [-0.39, 0.29) is 0 Å². The summed E-state index contributed by atoms with van der Waals surface area (Å²) in [7, 11) is 1.43. The molecule has 0 amide bonds. The maximum atomic E-state index is 11.0. The van der Waals surface area contributed by atoms with Gasteiger partial charge in [0.25, 0.3) is 0 Å². The monoisotopic (exact) mass is 210 g/mol. The molecule has 4 heteroatoms. The van der Waals surface area contributed by atoms with Crippen LogP contribution in [0, 0.1) is 6.92 Å². The van der Waals surface area contributed by atoms with Gasteiger partial charge in [0.15, 0.2) is 6.10 Å². The van der Waals surface area contributed by atoms with Gasteiger partial charge < -0.3 is 14.3 Å². The van der Waals surface area contributed by atoms with Crippen LogP contribution in [0.15, 0.2) is 16.5 Å². The van der Waals surface area contributed by atoms with E-state index in [4.69, 9.17) is 14.3 Å². The van der Waals surface area contributed by atoms with E-state index in [2.05, 4.69) is 0 Å². The minimum atomic E-state index is -0.927. The Labute approximate surface area is 87.8 Å². The Balaban J connectivity index is 2.30. The Morgan fingerprint density at radius 2 is 2.27 bits per heavy atom. The molecule has 15 heavy (non-hydrogen) atoms. The molecule has 0 spiro atoms. The molecule has 1 fully saturated rings. The van der Waals surface area contributed by atoms with Crippen molar-refractivity contribution >= 4 is 5.97 Å². The number of ether oxygens (including phenoxy) is 1. The lowest BCUT2D eigenvalue weighted by Gasteiger charge is -2.19. The van der Waals surface area contributed by atoms with E-state index in [9.17, 15) is 4.79 Å². The molecule has 2 rings (SSSR count). The molecule has 1 unspecified atom stereocenters. The van der Waals surface area contributed by atoms with E-state index in [1.165, 1.54) is 7.11 Å². The summed E-state index contributed by atoms with van der Waals surface area (Å²) in [5, 5.41) is 9.05. The van der Waals surface area contributed by atoms with Crippen molar-refractivity contribution in [3.05, 3.63) is 23.7 Å². The summed E-state index contributed by atoms with van der Waals surface area (Å²) < 4.78 is 10.5. The highest BCUT2D eigenvalue weighted by Gasteiger charge is 2.56. The van der Waals surface area contributed by atoms with E-state index in [0.29, 0.717) is 0 Å². The SMILES string of the molecule is COC(C(=O)O)C1(c2ccc(C)o2)CC1. The quantitative estimate of drug-likeness (QED) is 0.822. The number of furan rings is 1. The largest absolute Gasteiger partial charge is 0.479 e. The number of aryl methyl sites for hydroxylation is 1. The lowest BCUT2D eigenvalue weighted by Crippen LogP contribution is -2.35. The molecule has 0 saturated heterocycles. The van der Waals surface area contributed by atoms with Crippen LogP contribution in [0.25, 0.3) is 0 Å². The molecular formula is C11H14O4. The van der Waals surface area contributed by atoms with Gasteiger partial charge in [-0.1, -0.05) is 0 Å². The highest BCUT2D eigenvalue weighted by Crippen LogP contribution is 2.52. The van der Waals surface area contributed by atoms with Crippen molar-refractivity contribution in [2.24, 2.45) is 0 Å². The third kappa shape index (κ3) is 1.55. The number of hydrogen-bond donors (Lipinski definition) is 1. The molecule has 1 heterocycles. The number of hydrogen-bond acceptors (Lipinski definition) is 3. The van der Waals surface area contributed by atoms with Crippen LogP contribution in [0.4, 0.5) is 0 Å². The molecule has 1 aliphatic carbocycles. The predicted molar refractivity (Wildman–Crippen MR) is 52.8 cm³/mol. The molecule has 0 aliphatic heterocycles. The highest BCUT2D eigenvalue weighted by molar-refractivity contribution is 5.75. The second-order valence-electron chi connectivity index (χ2n) is 4.02. The fourth-order valence-electron chi connectivity index (χ4n) is 2.04. The number of aliphatic carboxylic acids is 1. The topological polar surface area (TPSA) is 59.7 Å². The van der Waals surface area contributed by atoms with Crippen molar-refractivity contribution in [2.75, 3.05) is 7.11 Å². The molecule has 1 atom stereocenters. The van der Waals surface area contributed by atoms with Gasteiger partial charge in [-0.05, 0) is 31.9 Å². The van der Waals surface area contributed by atoms with E-state index in [1.807, 2.05) is 19.1 Å². The van der Waals surface area contributed by atoms with Gasteiger partial charge in [-0.15, -0.1) is 0 Å². The Morgan fingerprint density at radius 1 is 1.60 bits per heavy atom. The van der Waals surface area contributed by atoms with Crippen LogP contribution in [0.5, 0.6) is 0 Å². The van der Waals surface area contributed by atoms with Crippen molar-refractivity contribution in [1.82, 2.24) is 0 Å². The minimum absolute atomic E-state index is 0.436. The van der Waals surface area contributed by atoms with Crippen LogP contribution in [0.3, 0.4) is 0 Å². The van der Waals surface area contributed by atoms with Crippen LogP contribution in [-0.2, 0) is 14.9 Å². The minimum Gasteiger partial charge on any atom is -0.479 e. The lowest BCUT2D eigenvalue weighted by molar-refractivity contribution is -0.151. The molecule has 1 aromatic rings. The Hall–Kier alpha value is -1.29. The summed E-state index contributed by atoms with van der Waals surface area (Å²) in [6, 6.07) is 3.70. The Bertz CT molecular complexity index is 376. The smallest absolute Gasteiger partial charge is 0.333 e. The van der Waals surface area contributed by atoms with Gasteiger partial charge in [0, 0.05) is 7.11 Å². The third-order valence-corrected chi connectivity index (χ3v) is 2.98. The summed E-state index contributed by atoms with van der Waals surface area (Å²) in [6.07, 6.45) is 0.818. The van der Waals surface area contributed by atoms with Gasteiger partial charge in [0.2, 0.25) is 0 Å². The van der Waals surface area contributed by atoms with Crippen molar-refractivity contribution in [3.8, 4) is 0 Å². The fourth-order valence-corrected chi connectivity index (χ4v) is 2.04. The Kier molecular flexibility index (Phi) is 2.31. The van der Waals surface area contributed by atoms with Crippen molar-refractivity contribution in [3.63, 3.8) is 0 Å². The molecular weight excluding hydrogens is 196 g/mol. The van der Waals surface area contributed by atoms with E-state index in [1.54, 1.807) is 0 Å². The van der Waals surface area contributed by atoms with Gasteiger partial charge >= 0.3 is 5.97 Å². The molecule has 1 saturated carbocycles. The van der Waals surface area contributed by atoms with Crippen LogP contribution in [0.1, 0.15) is 24.4 Å². The second kappa shape index (κ2) is 3.38. The van der Waals surface area contributed by atoms with E-state index >= 15 is 0 Å². The van der Waals surface area contributed by atoms with Crippen molar-refractivity contribution in [1.29, 1.82) is 0 Å². The van der Waals surface area contributed by atoms with Gasteiger partial charge in [-0.25, -0.2) is 4.79 Å². The number of carboxylic acid groups (broad SMARTS) is 1. The molecule has 1 aliphatic rings. The van der Waals surface area contributed by atoms with E-state index < -0.39 is 17.5 Å². The van der Waals surface area contributed by atoms with Crippen LogP contribution in [0.2, 0.25) is 0 Å². The van der Waals surface area contributed by atoms with Crippen LogP contribution >= 0.6 is 0 Å². The van der Waals surface area contributed by atoms with E-state index in [0.717, 1.165) is 24.4 Å². The zero-order valence-electron chi connectivity index (χ0n) is 8.82. The molecule has 1 aromatic heterocycles. The maximum Gasteiger partial charge on any atom is 0.333 e. The Morgan fingerprint density at radius 3 is 2.60 bits per heavy atom. The first-order valence-electron chi connectivity index (χ1n) is 4.93. The first-order valence-corrected chi connectivity index (χ1v) is 4.93. The highest BCUT2D eigenvalue weighted by atomic mass is 16.5. The number of carbonyl (C=O) groups is 1. The maximum absolute atomic E-state index is 11.0.